The molecule has 0 unspecified atom stereocenters. The number of aromatic nitrogens is 2. The molecular weight excluding hydrogens is 488 g/mol. The zero-order valence-electron chi connectivity index (χ0n) is 18.5. The Labute approximate surface area is 206 Å². The van der Waals surface area contributed by atoms with Crippen molar-refractivity contribution in [3.8, 4) is 11.3 Å². The van der Waals surface area contributed by atoms with E-state index < -0.39 is 15.7 Å². The van der Waals surface area contributed by atoms with E-state index >= 15 is 0 Å². The minimum atomic E-state index is -3.72. The molecule has 35 heavy (non-hydrogen) atoms. The van der Waals surface area contributed by atoms with Gasteiger partial charge in [-0.05, 0) is 47.2 Å². The number of aromatic amines is 1. The Morgan fingerprint density at radius 3 is 2.40 bits per heavy atom. The van der Waals surface area contributed by atoms with E-state index in [-0.39, 0.29) is 37.0 Å². The number of piperazine rings is 1. The first-order valence-electron chi connectivity index (χ1n) is 11.0. The standard InChI is InChI=1S/C25H21ClN4O4S/c26-19-7-5-18-16-20(8-6-17(18)15-19)35(33,34)30-13-11-29(12-14-30)24(31)22-4-2-1-3-21(22)23-9-10-27-25(32)28-23/h1-10,15-16H,11-14H2,(H,27,28,32). The number of sulfonamides is 1. The van der Waals surface area contributed by atoms with E-state index in [4.69, 9.17) is 11.6 Å². The molecule has 0 radical (unpaired) electrons. The fraction of sp³-hybridized carbons (Fsp3) is 0.160. The number of halogens is 1. The number of nitrogens with zero attached hydrogens (tertiary/aromatic N) is 3. The number of nitrogens with one attached hydrogen (secondary N) is 1. The molecule has 1 aromatic heterocycles. The molecule has 5 rings (SSSR count). The average Bonchev–Trinajstić information content (AvgIpc) is 2.88. The minimum absolute atomic E-state index is 0.182. The van der Waals surface area contributed by atoms with Crippen LogP contribution < -0.4 is 5.69 Å². The molecule has 4 aromatic rings. The molecular formula is C25H21ClN4O4S. The summed E-state index contributed by atoms with van der Waals surface area (Å²) < 4.78 is 27.9. The van der Waals surface area contributed by atoms with Crippen LogP contribution in [0.4, 0.5) is 0 Å². The minimum Gasteiger partial charge on any atom is -0.336 e. The van der Waals surface area contributed by atoms with Gasteiger partial charge in [0.2, 0.25) is 10.0 Å². The number of fused-ring (bicyclic) bond motifs is 1. The summed E-state index contributed by atoms with van der Waals surface area (Å²) in [5.74, 6) is -0.224. The molecule has 10 heteroatoms. The van der Waals surface area contributed by atoms with E-state index in [1.807, 2.05) is 0 Å². The summed E-state index contributed by atoms with van der Waals surface area (Å²) in [7, 11) is -3.72. The van der Waals surface area contributed by atoms with Crippen molar-refractivity contribution in [1.82, 2.24) is 19.2 Å². The van der Waals surface area contributed by atoms with Gasteiger partial charge < -0.3 is 9.88 Å². The Morgan fingerprint density at radius 1 is 0.914 bits per heavy atom. The Balaban J connectivity index is 1.34. The summed E-state index contributed by atoms with van der Waals surface area (Å²) in [6, 6.07) is 18.9. The predicted octanol–water partition coefficient (Wildman–Crippen LogP) is 3.39. The lowest BCUT2D eigenvalue weighted by molar-refractivity contribution is 0.0698. The highest BCUT2D eigenvalue weighted by Gasteiger charge is 2.31. The van der Waals surface area contributed by atoms with Gasteiger partial charge >= 0.3 is 5.69 Å². The van der Waals surface area contributed by atoms with Crippen LogP contribution in [-0.2, 0) is 10.0 Å². The number of rotatable bonds is 4. The highest BCUT2D eigenvalue weighted by atomic mass is 35.5. The van der Waals surface area contributed by atoms with Crippen LogP contribution in [0, 0.1) is 0 Å². The van der Waals surface area contributed by atoms with Crippen LogP contribution in [0.1, 0.15) is 10.4 Å². The van der Waals surface area contributed by atoms with Gasteiger partial charge in [-0.1, -0.05) is 41.9 Å². The van der Waals surface area contributed by atoms with Gasteiger partial charge in [0, 0.05) is 48.5 Å². The van der Waals surface area contributed by atoms with Gasteiger partial charge in [0.15, 0.2) is 0 Å². The molecule has 1 fully saturated rings. The molecule has 1 aliphatic heterocycles. The van der Waals surface area contributed by atoms with Crippen LogP contribution in [0.5, 0.6) is 0 Å². The maximum absolute atomic E-state index is 13.3. The molecule has 2 heterocycles. The van der Waals surface area contributed by atoms with Crippen molar-refractivity contribution in [2.24, 2.45) is 0 Å². The topological polar surface area (TPSA) is 103 Å². The molecule has 0 spiro atoms. The third-order valence-corrected chi connectivity index (χ3v) is 8.19. The predicted molar refractivity (Wildman–Crippen MR) is 134 cm³/mol. The van der Waals surface area contributed by atoms with E-state index in [9.17, 15) is 18.0 Å². The lowest BCUT2D eigenvalue weighted by Crippen LogP contribution is -2.50. The van der Waals surface area contributed by atoms with Gasteiger partial charge in [-0.25, -0.2) is 18.2 Å². The smallest absolute Gasteiger partial charge is 0.336 e. The van der Waals surface area contributed by atoms with Gasteiger partial charge in [-0.3, -0.25) is 4.79 Å². The van der Waals surface area contributed by atoms with Gasteiger partial charge in [-0.15, -0.1) is 0 Å². The molecule has 0 aliphatic carbocycles. The third kappa shape index (κ3) is 4.58. The molecule has 0 bridgehead atoms. The summed E-state index contributed by atoms with van der Waals surface area (Å²) in [5, 5.41) is 2.24. The average molecular weight is 509 g/mol. The molecule has 0 atom stereocenters. The van der Waals surface area contributed by atoms with Crippen molar-refractivity contribution in [3.05, 3.63) is 94.0 Å². The Hall–Kier alpha value is -3.53. The summed E-state index contributed by atoms with van der Waals surface area (Å²) in [4.78, 5) is 33.1. The van der Waals surface area contributed by atoms with Crippen molar-refractivity contribution in [3.63, 3.8) is 0 Å². The summed E-state index contributed by atoms with van der Waals surface area (Å²) in [6.07, 6.45) is 1.39. The molecule has 3 aromatic carbocycles. The van der Waals surface area contributed by atoms with Crippen molar-refractivity contribution >= 4 is 38.3 Å². The Bertz CT molecular complexity index is 1590. The summed E-state index contributed by atoms with van der Waals surface area (Å²) in [6.45, 7) is 0.868. The number of H-pyrrole nitrogens is 1. The van der Waals surface area contributed by atoms with Crippen molar-refractivity contribution in [1.29, 1.82) is 0 Å². The van der Waals surface area contributed by atoms with E-state index in [1.165, 1.54) is 10.5 Å². The molecule has 1 aliphatic rings. The van der Waals surface area contributed by atoms with Crippen molar-refractivity contribution in [2.45, 2.75) is 4.90 Å². The number of amides is 1. The van der Waals surface area contributed by atoms with Crippen LogP contribution in [-0.4, -0.2) is 59.7 Å². The zero-order valence-corrected chi connectivity index (χ0v) is 20.1. The zero-order chi connectivity index (χ0) is 24.6. The van der Waals surface area contributed by atoms with Crippen LogP contribution in [0.3, 0.4) is 0 Å². The van der Waals surface area contributed by atoms with Crippen molar-refractivity contribution in [2.75, 3.05) is 26.2 Å². The van der Waals surface area contributed by atoms with Crippen LogP contribution in [0.25, 0.3) is 22.0 Å². The second-order valence-electron chi connectivity index (χ2n) is 8.18. The van der Waals surface area contributed by atoms with Gasteiger partial charge in [0.05, 0.1) is 10.6 Å². The third-order valence-electron chi connectivity index (χ3n) is 6.06. The maximum atomic E-state index is 13.3. The first-order chi connectivity index (χ1) is 16.8. The van der Waals surface area contributed by atoms with Gasteiger partial charge in [0.25, 0.3) is 5.91 Å². The number of hydrogen-bond acceptors (Lipinski definition) is 5. The van der Waals surface area contributed by atoms with Crippen LogP contribution in [0.2, 0.25) is 5.02 Å². The fourth-order valence-corrected chi connectivity index (χ4v) is 5.87. The SMILES string of the molecule is O=C(c1ccccc1-c1ccnc(=O)[nH]1)N1CCN(S(=O)(=O)c2ccc3cc(Cl)ccc3c2)CC1. The monoisotopic (exact) mass is 508 g/mol. The number of hydrogen-bond donors (Lipinski definition) is 1. The second-order valence-corrected chi connectivity index (χ2v) is 10.6. The lowest BCUT2D eigenvalue weighted by Gasteiger charge is -2.34. The second kappa shape index (κ2) is 9.26. The molecule has 1 amide bonds. The molecule has 0 saturated carbocycles. The van der Waals surface area contributed by atoms with E-state index in [1.54, 1.807) is 71.6 Å². The van der Waals surface area contributed by atoms with E-state index in [0.717, 1.165) is 10.8 Å². The molecule has 1 saturated heterocycles. The number of carbonyl (C=O) groups excluding carboxylic acids is 1. The quantitative estimate of drug-likeness (QED) is 0.455. The normalized spacial score (nSPS) is 14.8. The van der Waals surface area contributed by atoms with Crippen LogP contribution >= 0.6 is 11.6 Å². The first-order valence-corrected chi connectivity index (χ1v) is 12.8. The molecule has 8 nitrogen and oxygen atoms in total. The number of carbonyl (C=O) groups is 1. The largest absolute Gasteiger partial charge is 0.345 e. The van der Waals surface area contributed by atoms with E-state index in [0.29, 0.717) is 21.8 Å². The van der Waals surface area contributed by atoms with Crippen LogP contribution in [0.15, 0.2) is 82.6 Å². The highest BCUT2D eigenvalue weighted by Crippen LogP contribution is 2.26. The first kappa shape index (κ1) is 23.2. The summed E-state index contributed by atoms with van der Waals surface area (Å²) in [5.41, 5.74) is 1.01. The Morgan fingerprint density at radius 2 is 1.63 bits per heavy atom. The molecule has 178 valence electrons. The van der Waals surface area contributed by atoms with Gasteiger partial charge in [-0.2, -0.15) is 4.31 Å². The number of benzene rings is 3. The fourth-order valence-electron chi connectivity index (χ4n) is 4.24. The highest BCUT2D eigenvalue weighted by molar-refractivity contribution is 7.89. The summed E-state index contributed by atoms with van der Waals surface area (Å²) >= 11 is 6.03. The van der Waals surface area contributed by atoms with Crippen molar-refractivity contribution < 1.29 is 13.2 Å². The maximum Gasteiger partial charge on any atom is 0.345 e. The van der Waals surface area contributed by atoms with E-state index in [2.05, 4.69) is 9.97 Å². The van der Waals surface area contributed by atoms with Gasteiger partial charge in [0.1, 0.15) is 0 Å². The molecule has 1 N–H and O–H groups in total. The Kier molecular flexibility index (Phi) is 6.14. The lowest BCUT2D eigenvalue weighted by atomic mass is 10.0.